The normalized spacial score (nSPS) is 11.1. The molecule has 0 saturated carbocycles. The number of sulfonamides is 1. The first-order valence-electron chi connectivity index (χ1n) is 8.65. The molecule has 0 aliphatic heterocycles. The van der Waals surface area contributed by atoms with Crippen molar-refractivity contribution in [3.63, 3.8) is 0 Å². The van der Waals surface area contributed by atoms with Gasteiger partial charge in [-0.1, -0.05) is 18.2 Å². The number of H-pyrrole nitrogens is 1. The Morgan fingerprint density at radius 2 is 1.83 bits per heavy atom. The molecule has 9 heteroatoms. The number of hydrogen-bond donors (Lipinski definition) is 2. The lowest BCUT2D eigenvalue weighted by Gasteiger charge is -2.07. The number of nitrogens with zero attached hydrogens (tertiary/aromatic N) is 1. The van der Waals surface area contributed by atoms with Gasteiger partial charge in [0.25, 0.3) is 0 Å². The van der Waals surface area contributed by atoms with E-state index in [-0.39, 0.29) is 29.2 Å². The Hall–Kier alpha value is -3.48. The number of fused-ring (bicyclic) bond motifs is 1. The average molecular weight is 411 g/mol. The second-order valence-electron chi connectivity index (χ2n) is 6.08. The van der Waals surface area contributed by atoms with Gasteiger partial charge >= 0.3 is 5.97 Å². The van der Waals surface area contributed by atoms with Gasteiger partial charge in [0.1, 0.15) is 0 Å². The third-order valence-corrected chi connectivity index (χ3v) is 5.63. The Balaban J connectivity index is 1.62. The highest BCUT2D eigenvalue weighted by Gasteiger charge is 2.17. The highest BCUT2D eigenvalue weighted by molar-refractivity contribution is 7.89. The molecule has 0 amide bonds. The van der Waals surface area contributed by atoms with E-state index < -0.39 is 22.6 Å². The number of nitrogens with one attached hydrogen (secondary N) is 2. The number of para-hydroxylation sites is 1. The first-order chi connectivity index (χ1) is 13.9. The van der Waals surface area contributed by atoms with Crippen molar-refractivity contribution >= 4 is 32.7 Å². The van der Waals surface area contributed by atoms with E-state index in [2.05, 4.69) is 9.71 Å². The minimum absolute atomic E-state index is 0.00141. The summed E-state index contributed by atoms with van der Waals surface area (Å²) in [6.07, 6.45) is 1.62. The van der Waals surface area contributed by atoms with Crippen LogP contribution in [0.2, 0.25) is 0 Å². The molecule has 2 aromatic carbocycles. The van der Waals surface area contributed by atoms with Gasteiger partial charge in [-0.3, -0.25) is 4.79 Å². The van der Waals surface area contributed by atoms with Crippen molar-refractivity contribution in [3.05, 3.63) is 65.9 Å². The maximum absolute atomic E-state index is 12.4. The van der Waals surface area contributed by atoms with Crippen molar-refractivity contribution in [1.29, 1.82) is 5.26 Å². The second kappa shape index (κ2) is 8.68. The van der Waals surface area contributed by atoms with Crippen molar-refractivity contribution in [2.45, 2.75) is 11.3 Å². The number of carbonyl (C=O) groups excluding carboxylic acids is 2. The second-order valence-corrected chi connectivity index (χ2v) is 7.84. The van der Waals surface area contributed by atoms with Crippen LogP contribution in [0.5, 0.6) is 0 Å². The Bertz CT molecular complexity index is 1190. The smallest absolute Gasteiger partial charge is 0.338 e. The minimum atomic E-state index is -3.76. The van der Waals surface area contributed by atoms with Gasteiger partial charge in [-0.25, -0.2) is 17.9 Å². The number of ether oxygens (including phenoxy) is 1. The van der Waals surface area contributed by atoms with Gasteiger partial charge in [0.2, 0.25) is 15.8 Å². The third kappa shape index (κ3) is 4.68. The summed E-state index contributed by atoms with van der Waals surface area (Å²) in [4.78, 5) is 27.5. The summed E-state index contributed by atoms with van der Waals surface area (Å²) >= 11 is 0. The minimum Gasteiger partial charge on any atom is -0.454 e. The van der Waals surface area contributed by atoms with Crippen molar-refractivity contribution in [1.82, 2.24) is 9.71 Å². The molecular formula is C20H17N3O5S. The van der Waals surface area contributed by atoms with Crippen LogP contribution in [0.25, 0.3) is 10.9 Å². The molecule has 0 atom stereocenters. The van der Waals surface area contributed by atoms with Crippen LogP contribution in [-0.2, 0) is 14.8 Å². The topological polar surface area (TPSA) is 129 Å². The number of nitriles is 1. The maximum Gasteiger partial charge on any atom is 0.338 e. The van der Waals surface area contributed by atoms with Crippen LogP contribution in [0.15, 0.2) is 59.6 Å². The van der Waals surface area contributed by atoms with Crippen molar-refractivity contribution < 1.29 is 22.7 Å². The summed E-state index contributed by atoms with van der Waals surface area (Å²) in [7, 11) is -3.76. The van der Waals surface area contributed by atoms with Crippen LogP contribution in [-0.4, -0.2) is 38.3 Å². The molecule has 1 heterocycles. The van der Waals surface area contributed by atoms with Crippen molar-refractivity contribution in [2.24, 2.45) is 0 Å². The molecule has 0 aliphatic carbocycles. The summed E-state index contributed by atoms with van der Waals surface area (Å²) in [6.45, 7) is -0.435. The number of Topliss-reactive ketones (excluding diaryl/α,β-unsaturated/α-hetero) is 1. The van der Waals surface area contributed by atoms with E-state index in [9.17, 15) is 18.0 Å². The molecule has 3 rings (SSSR count). The fourth-order valence-electron chi connectivity index (χ4n) is 2.69. The summed E-state index contributed by atoms with van der Waals surface area (Å²) < 4.78 is 31.5. The molecule has 1 aromatic heterocycles. The van der Waals surface area contributed by atoms with E-state index in [1.54, 1.807) is 12.3 Å². The van der Waals surface area contributed by atoms with Crippen LogP contribution in [0, 0.1) is 11.3 Å². The summed E-state index contributed by atoms with van der Waals surface area (Å²) in [5.74, 6) is -1.09. The van der Waals surface area contributed by atoms with Crippen molar-refractivity contribution in [2.75, 3.05) is 13.2 Å². The predicted molar refractivity (Wildman–Crippen MR) is 105 cm³/mol. The molecule has 0 unspecified atom stereocenters. The lowest BCUT2D eigenvalue weighted by Crippen LogP contribution is -2.24. The van der Waals surface area contributed by atoms with E-state index in [1.165, 1.54) is 24.3 Å². The van der Waals surface area contributed by atoms with E-state index in [0.717, 1.165) is 10.9 Å². The number of aromatic nitrogens is 1. The zero-order valence-corrected chi connectivity index (χ0v) is 16.0. The molecule has 148 valence electrons. The number of benzene rings is 2. The van der Waals surface area contributed by atoms with Crippen LogP contribution in [0.4, 0.5) is 0 Å². The highest BCUT2D eigenvalue weighted by Crippen LogP contribution is 2.18. The van der Waals surface area contributed by atoms with Gasteiger partial charge in [-0.2, -0.15) is 5.26 Å². The zero-order chi connectivity index (χ0) is 20.9. The monoisotopic (exact) mass is 411 g/mol. The molecule has 0 fully saturated rings. The fraction of sp³-hybridized carbons (Fsp3) is 0.150. The Morgan fingerprint density at radius 3 is 2.55 bits per heavy atom. The van der Waals surface area contributed by atoms with Gasteiger partial charge in [0.05, 0.1) is 16.5 Å². The predicted octanol–water partition coefficient (Wildman–Crippen LogP) is 2.40. The standard InChI is InChI=1S/C20H17N3O5S/c21-10-3-11-23-29(26,27)15-8-6-14(7-9-15)20(25)28-13-19(24)17-12-22-18-5-2-1-4-16(17)18/h1-2,4-9,12,22-23H,3,11,13H2. The summed E-state index contributed by atoms with van der Waals surface area (Å²) in [5, 5.41) is 9.21. The first-order valence-corrected chi connectivity index (χ1v) is 10.1. The number of ketones is 1. The number of hydrogen-bond acceptors (Lipinski definition) is 6. The number of rotatable bonds is 8. The van der Waals surface area contributed by atoms with Crippen LogP contribution in [0.1, 0.15) is 27.1 Å². The summed E-state index contributed by atoms with van der Waals surface area (Å²) in [6, 6.07) is 14.2. The molecule has 0 spiro atoms. The Morgan fingerprint density at radius 1 is 1.10 bits per heavy atom. The van der Waals surface area contributed by atoms with E-state index >= 15 is 0 Å². The molecule has 2 N–H and O–H groups in total. The molecule has 0 aliphatic rings. The van der Waals surface area contributed by atoms with E-state index in [0.29, 0.717) is 5.56 Å². The molecule has 3 aromatic rings. The van der Waals surface area contributed by atoms with Crippen LogP contribution < -0.4 is 4.72 Å². The van der Waals surface area contributed by atoms with Gasteiger partial charge < -0.3 is 9.72 Å². The van der Waals surface area contributed by atoms with Gasteiger partial charge in [-0.05, 0) is 30.3 Å². The van der Waals surface area contributed by atoms with Crippen LogP contribution >= 0.6 is 0 Å². The zero-order valence-electron chi connectivity index (χ0n) is 15.2. The van der Waals surface area contributed by atoms with Gasteiger partial charge in [-0.15, -0.1) is 0 Å². The van der Waals surface area contributed by atoms with E-state index in [1.807, 2.05) is 24.3 Å². The molecule has 0 radical (unpaired) electrons. The molecule has 0 saturated heterocycles. The fourth-order valence-corrected chi connectivity index (χ4v) is 3.72. The molecule has 29 heavy (non-hydrogen) atoms. The van der Waals surface area contributed by atoms with E-state index in [4.69, 9.17) is 10.00 Å². The van der Waals surface area contributed by atoms with Gasteiger partial charge in [0.15, 0.2) is 6.61 Å². The molecular weight excluding hydrogens is 394 g/mol. The SMILES string of the molecule is N#CCCNS(=O)(=O)c1ccc(C(=O)OCC(=O)c2c[nH]c3ccccc23)cc1. The number of esters is 1. The lowest BCUT2D eigenvalue weighted by molar-refractivity contribution is 0.0475. The number of aromatic amines is 1. The maximum atomic E-state index is 12.4. The number of carbonyl (C=O) groups is 2. The quantitative estimate of drug-likeness (QED) is 0.333. The molecule has 0 bridgehead atoms. The lowest BCUT2D eigenvalue weighted by atomic mass is 10.1. The Labute approximate surface area is 167 Å². The first kappa shape index (κ1) is 20.3. The third-order valence-electron chi connectivity index (χ3n) is 4.15. The highest BCUT2D eigenvalue weighted by atomic mass is 32.2. The summed E-state index contributed by atoms with van der Waals surface area (Å²) in [5.41, 5.74) is 1.35. The van der Waals surface area contributed by atoms with Crippen LogP contribution in [0.3, 0.4) is 0 Å². The Kier molecular flexibility index (Phi) is 6.07. The molecule has 8 nitrogen and oxygen atoms in total. The average Bonchev–Trinajstić information content (AvgIpc) is 3.16. The van der Waals surface area contributed by atoms with Crippen molar-refractivity contribution in [3.8, 4) is 6.07 Å². The van der Waals surface area contributed by atoms with Gasteiger partial charge in [0, 0.05) is 35.6 Å². The largest absolute Gasteiger partial charge is 0.454 e.